The highest BCUT2D eigenvalue weighted by atomic mass is 79.9. The molecule has 27 heavy (non-hydrogen) atoms. The van der Waals surface area contributed by atoms with Gasteiger partial charge in [-0.25, -0.2) is 0 Å². The van der Waals surface area contributed by atoms with E-state index in [0.717, 1.165) is 8.95 Å². The molecule has 0 spiro atoms. The van der Waals surface area contributed by atoms with Gasteiger partial charge in [0, 0.05) is 32.9 Å². The zero-order chi connectivity index (χ0) is 19.4. The number of H-pyrrole nitrogens is 1. The molecular formula is C18H14Br2N4O3. The molecule has 0 bridgehead atoms. The summed E-state index contributed by atoms with van der Waals surface area (Å²) >= 11 is 6.76. The van der Waals surface area contributed by atoms with Crippen LogP contribution in [0.15, 0.2) is 61.6 Å². The first-order valence-electron chi connectivity index (χ1n) is 7.93. The van der Waals surface area contributed by atoms with E-state index >= 15 is 0 Å². The average molecular weight is 494 g/mol. The number of rotatable bonds is 5. The number of aromatic amines is 1. The fraction of sp³-hybridized carbons (Fsp3) is 0.111. The van der Waals surface area contributed by atoms with Crippen molar-refractivity contribution in [2.75, 3.05) is 6.54 Å². The van der Waals surface area contributed by atoms with Crippen LogP contribution in [-0.2, 0) is 4.79 Å². The smallest absolute Gasteiger partial charge is 0.266 e. The number of amides is 2. The van der Waals surface area contributed by atoms with E-state index in [-0.39, 0.29) is 30.4 Å². The van der Waals surface area contributed by atoms with E-state index in [2.05, 4.69) is 52.4 Å². The van der Waals surface area contributed by atoms with Crippen LogP contribution in [0.5, 0.6) is 5.88 Å². The molecule has 138 valence electrons. The Labute approximate surface area is 171 Å². The molecule has 0 aliphatic heterocycles. The molecule has 0 aliphatic rings. The first-order valence-corrected chi connectivity index (χ1v) is 9.52. The van der Waals surface area contributed by atoms with Crippen molar-refractivity contribution >= 4 is 60.3 Å². The maximum atomic E-state index is 11.9. The van der Waals surface area contributed by atoms with Crippen molar-refractivity contribution in [1.29, 1.82) is 0 Å². The van der Waals surface area contributed by atoms with Crippen molar-refractivity contribution in [3.63, 3.8) is 0 Å². The van der Waals surface area contributed by atoms with Gasteiger partial charge in [0.15, 0.2) is 5.69 Å². The third-order valence-corrected chi connectivity index (χ3v) is 4.78. The number of benzene rings is 2. The third kappa shape index (κ3) is 4.61. The molecule has 1 aromatic heterocycles. The van der Waals surface area contributed by atoms with Crippen molar-refractivity contribution in [2.45, 2.75) is 6.42 Å². The Kier molecular flexibility index (Phi) is 6.02. The third-order valence-electron chi connectivity index (χ3n) is 3.70. The SMILES string of the molecule is O=C(CCNC(=O)c1ccccc1)N=Nc1c(O)[nH]c2c(Br)cc(Br)cc12. The number of fused-ring (bicyclic) bond motifs is 1. The van der Waals surface area contributed by atoms with Gasteiger partial charge in [0.2, 0.25) is 5.88 Å². The van der Waals surface area contributed by atoms with Gasteiger partial charge in [-0.05, 0) is 40.2 Å². The molecular weight excluding hydrogens is 480 g/mol. The topological polar surface area (TPSA) is 107 Å². The van der Waals surface area contributed by atoms with Crippen LogP contribution in [0.4, 0.5) is 5.69 Å². The van der Waals surface area contributed by atoms with Crippen LogP contribution >= 0.6 is 31.9 Å². The minimum absolute atomic E-state index is 0.00141. The highest BCUT2D eigenvalue weighted by Gasteiger charge is 2.14. The highest BCUT2D eigenvalue weighted by molar-refractivity contribution is 9.11. The summed E-state index contributed by atoms with van der Waals surface area (Å²) in [4.78, 5) is 26.6. The minimum atomic E-state index is -0.508. The van der Waals surface area contributed by atoms with Crippen molar-refractivity contribution in [3.05, 3.63) is 57.0 Å². The van der Waals surface area contributed by atoms with Gasteiger partial charge in [-0.1, -0.05) is 34.1 Å². The quantitative estimate of drug-likeness (QED) is 0.443. The zero-order valence-corrected chi connectivity index (χ0v) is 17.0. The average Bonchev–Trinajstić information content (AvgIpc) is 2.96. The van der Waals surface area contributed by atoms with Crippen LogP contribution in [0, 0.1) is 0 Å². The van der Waals surface area contributed by atoms with Crippen LogP contribution in [0.3, 0.4) is 0 Å². The Morgan fingerprint density at radius 1 is 1.15 bits per heavy atom. The van der Waals surface area contributed by atoms with Crippen LogP contribution < -0.4 is 5.32 Å². The van der Waals surface area contributed by atoms with E-state index in [1.807, 2.05) is 12.1 Å². The van der Waals surface area contributed by atoms with Gasteiger partial charge in [0.1, 0.15) is 0 Å². The maximum absolute atomic E-state index is 11.9. The van der Waals surface area contributed by atoms with Gasteiger partial charge in [-0.2, -0.15) is 0 Å². The Bertz CT molecular complexity index is 1030. The molecule has 1 heterocycles. The van der Waals surface area contributed by atoms with E-state index < -0.39 is 5.91 Å². The summed E-state index contributed by atoms with van der Waals surface area (Å²) in [5, 5.41) is 20.8. The van der Waals surface area contributed by atoms with Crippen LogP contribution in [0.2, 0.25) is 0 Å². The molecule has 2 amide bonds. The highest BCUT2D eigenvalue weighted by Crippen LogP contribution is 2.40. The molecule has 0 fully saturated rings. The van der Waals surface area contributed by atoms with Crippen molar-refractivity contribution in [1.82, 2.24) is 10.3 Å². The number of hydrogen-bond acceptors (Lipinski definition) is 4. The van der Waals surface area contributed by atoms with E-state index in [1.165, 1.54) is 0 Å². The van der Waals surface area contributed by atoms with Crippen molar-refractivity contribution in [3.8, 4) is 5.88 Å². The first-order chi connectivity index (χ1) is 13.0. The molecule has 0 atom stereocenters. The van der Waals surface area contributed by atoms with E-state index in [4.69, 9.17) is 0 Å². The van der Waals surface area contributed by atoms with Gasteiger partial charge in [-0.3, -0.25) is 9.59 Å². The number of carbonyl (C=O) groups is 2. The summed E-state index contributed by atoms with van der Waals surface area (Å²) in [5.74, 6) is -0.951. The number of nitrogens with zero attached hydrogens (tertiary/aromatic N) is 2. The van der Waals surface area contributed by atoms with E-state index in [9.17, 15) is 14.7 Å². The number of halogens is 2. The predicted octanol–water partition coefficient (Wildman–Crippen LogP) is 4.83. The Morgan fingerprint density at radius 2 is 1.89 bits per heavy atom. The standard InChI is InChI=1S/C18H14Br2N4O3/c19-11-8-12-15(13(20)9-11)22-18(27)16(12)24-23-14(25)6-7-21-17(26)10-4-2-1-3-5-10/h1-5,8-9,22,27H,6-7H2,(H,21,26). The molecule has 3 N–H and O–H groups in total. The Hall–Kier alpha value is -2.52. The molecule has 7 nitrogen and oxygen atoms in total. The molecule has 0 saturated heterocycles. The lowest BCUT2D eigenvalue weighted by Gasteiger charge is -2.02. The van der Waals surface area contributed by atoms with Gasteiger partial charge in [-0.15, -0.1) is 10.2 Å². The van der Waals surface area contributed by atoms with Gasteiger partial charge < -0.3 is 15.4 Å². The predicted molar refractivity (Wildman–Crippen MR) is 108 cm³/mol. The second-order valence-corrected chi connectivity index (χ2v) is 7.37. The fourth-order valence-electron chi connectivity index (χ4n) is 2.42. The summed E-state index contributed by atoms with van der Waals surface area (Å²) < 4.78 is 1.52. The molecule has 2 aromatic carbocycles. The minimum Gasteiger partial charge on any atom is -0.493 e. The largest absolute Gasteiger partial charge is 0.493 e. The summed E-state index contributed by atoms with van der Waals surface area (Å²) in [6, 6.07) is 12.3. The summed E-state index contributed by atoms with van der Waals surface area (Å²) in [5.41, 5.74) is 1.34. The number of aromatic nitrogens is 1. The Morgan fingerprint density at radius 3 is 2.63 bits per heavy atom. The second kappa shape index (κ2) is 8.45. The molecule has 0 aliphatic carbocycles. The molecule has 3 rings (SSSR count). The number of carbonyl (C=O) groups excluding carboxylic acids is 2. The normalized spacial score (nSPS) is 11.2. The lowest BCUT2D eigenvalue weighted by molar-refractivity contribution is -0.118. The van der Waals surface area contributed by atoms with Crippen LogP contribution in [0.1, 0.15) is 16.8 Å². The van der Waals surface area contributed by atoms with E-state index in [1.54, 1.807) is 30.3 Å². The molecule has 0 unspecified atom stereocenters. The monoisotopic (exact) mass is 492 g/mol. The summed E-state index contributed by atoms with van der Waals surface area (Å²) in [6.07, 6.45) is -0.00141. The molecule has 0 radical (unpaired) electrons. The van der Waals surface area contributed by atoms with Gasteiger partial charge >= 0.3 is 0 Å². The lowest BCUT2D eigenvalue weighted by Crippen LogP contribution is -2.25. The summed E-state index contributed by atoms with van der Waals surface area (Å²) in [6.45, 7) is 0.141. The van der Waals surface area contributed by atoms with Crippen molar-refractivity contribution < 1.29 is 14.7 Å². The van der Waals surface area contributed by atoms with Crippen LogP contribution in [0.25, 0.3) is 10.9 Å². The molecule has 0 saturated carbocycles. The molecule has 3 aromatic rings. The van der Waals surface area contributed by atoms with Crippen molar-refractivity contribution in [2.24, 2.45) is 10.2 Å². The fourth-order valence-corrected chi connectivity index (χ4v) is 3.75. The maximum Gasteiger partial charge on any atom is 0.266 e. The lowest BCUT2D eigenvalue weighted by atomic mass is 10.2. The van der Waals surface area contributed by atoms with Gasteiger partial charge in [0.25, 0.3) is 11.8 Å². The Balaban J connectivity index is 1.63. The van der Waals surface area contributed by atoms with Crippen LogP contribution in [-0.4, -0.2) is 28.4 Å². The van der Waals surface area contributed by atoms with Gasteiger partial charge in [0.05, 0.1) is 5.52 Å². The molecule has 9 heteroatoms. The second-order valence-electron chi connectivity index (χ2n) is 5.60. The van der Waals surface area contributed by atoms with E-state index in [0.29, 0.717) is 16.5 Å². The number of azo groups is 1. The number of aromatic hydroxyl groups is 1. The number of hydrogen-bond donors (Lipinski definition) is 3. The first kappa shape index (κ1) is 19.2. The summed E-state index contributed by atoms with van der Waals surface area (Å²) in [7, 11) is 0. The zero-order valence-electron chi connectivity index (χ0n) is 13.9. The number of nitrogens with one attached hydrogen (secondary N) is 2.